The Kier molecular flexibility index (Phi) is 2.42. The maximum absolute atomic E-state index is 6.94. The van der Waals surface area contributed by atoms with Gasteiger partial charge in [-0.05, 0) is 25.5 Å². The van der Waals surface area contributed by atoms with Crippen LogP contribution in [0.1, 0.15) is 26.3 Å². The standard InChI is InChI=1S/C12H13N3/c1-4-9(2)15-8-14-11-7-10(13-3)5-6-12(11)15/h5-9H,4H2,1-2H3. The number of benzene rings is 1. The Labute approximate surface area is 89.2 Å². The molecule has 2 rings (SSSR count). The molecule has 0 N–H and O–H groups in total. The van der Waals surface area contributed by atoms with Gasteiger partial charge in [-0.2, -0.15) is 0 Å². The summed E-state index contributed by atoms with van der Waals surface area (Å²) in [6.45, 7) is 11.3. The van der Waals surface area contributed by atoms with E-state index >= 15 is 0 Å². The second kappa shape index (κ2) is 3.74. The predicted octanol–water partition coefficient (Wildman–Crippen LogP) is 3.56. The van der Waals surface area contributed by atoms with Gasteiger partial charge in [0.25, 0.3) is 0 Å². The topological polar surface area (TPSA) is 22.2 Å². The average Bonchev–Trinajstić information content (AvgIpc) is 2.70. The molecule has 76 valence electrons. The summed E-state index contributed by atoms with van der Waals surface area (Å²) in [5.74, 6) is 0. The van der Waals surface area contributed by atoms with E-state index in [4.69, 9.17) is 6.57 Å². The fourth-order valence-corrected chi connectivity index (χ4v) is 1.64. The molecule has 0 spiro atoms. The van der Waals surface area contributed by atoms with Crippen molar-refractivity contribution in [2.24, 2.45) is 0 Å². The maximum Gasteiger partial charge on any atom is 0.189 e. The van der Waals surface area contributed by atoms with Gasteiger partial charge in [0, 0.05) is 6.04 Å². The predicted molar refractivity (Wildman–Crippen MR) is 61.0 cm³/mol. The summed E-state index contributed by atoms with van der Waals surface area (Å²) in [6, 6.07) is 6.10. The summed E-state index contributed by atoms with van der Waals surface area (Å²) in [4.78, 5) is 7.71. The highest BCUT2D eigenvalue weighted by atomic mass is 15.1. The Hall–Kier alpha value is -1.82. The summed E-state index contributed by atoms with van der Waals surface area (Å²) in [7, 11) is 0. The van der Waals surface area contributed by atoms with Crippen molar-refractivity contribution >= 4 is 16.7 Å². The average molecular weight is 199 g/mol. The van der Waals surface area contributed by atoms with Gasteiger partial charge in [-0.3, -0.25) is 0 Å². The first-order valence-corrected chi connectivity index (χ1v) is 5.10. The van der Waals surface area contributed by atoms with Gasteiger partial charge in [-0.1, -0.05) is 13.0 Å². The first-order chi connectivity index (χ1) is 7.26. The zero-order valence-electron chi connectivity index (χ0n) is 8.94. The van der Waals surface area contributed by atoms with Gasteiger partial charge in [0.05, 0.1) is 23.9 Å². The first kappa shape index (κ1) is 9.72. The van der Waals surface area contributed by atoms with Crippen molar-refractivity contribution in [3.63, 3.8) is 0 Å². The third-order valence-corrected chi connectivity index (χ3v) is 2.75. The van der Waals surface area contributed by atoms with E-state index in [2.05, 4.69) is 28.2 Å². The smallest absolute Gasteiger partial charge is 0.189 e. The van der Waals surface area contributed by atoms with Gasteiger partial charge in [0.15, 0.2) is 5.69 Å². The molecule has 1 unspecified atom stereocenters. The molecule has 1 heterocycles. The van der Waals surface area contributed by atoms with Crippen LogP contribution in [-0.4, -0.2) is 9.55 Å². The van der Waals surface area contributed by atoms with Crippen LogP contribution in [0.15, 0.2) is 24.5 Å². The molecule has 0 saturated heterocycles. The zero-order valence-corrected chi connectivity index (χ0v) is 8.94. The van der Waals surface area contributed by atoms with Gasteiger partial charge in [0.2, 0.25) is 0 Å². The van der Waals surface area contributed by atoms with Crippen LogP contribution in [0.3, 0.4) is 0 Å². The molecule has 15 heavy (non-hydrogen) atoms. The lowest BCUT2D eigenvalue weighted by molar-refractivity contribution is 0.544. The number of rotatable bonds is 2. The van der Waals surface area contributed by atoms with E-state index in [1.807, 2.05) is 24.5 Å². The van der Waals surface area contributed by atoms with Crippen molar-refractivity contribution in [2.75, 3.05) is 0 Å². The molecule has 2 aromatic rings. The molecule has 0 fully saturated rings. The summed E-state index contributed by atoms with van der Waals surface area (Å²) in [6.07, 6.45) is 2.93. The molecule has 1 aromatic heterocycles. The molecule has 0 radical (unpaired) electrons. The summed E-state index contributed by atoms with van der Waals surface area (Å²) < 4.78 is 2.16. The van der Waals surface area contributed by atoms with E-state index in [-0.39, 0.29) is 0 Å². The fourth-order valence-electron chi connectivity index (χ4n) is 1.64. The van der Waals surface area contributed by atoms with Crippen molar-refractivity contribution in [3.8, 4) is 0 Å². The Morgan fingerprint density at radius 2 is 2.33 bits per heavy atom. The molecule has 0 aliphatic rings. The minimum atomic E-state index is 0.453. The van der Waals surface area contributed by atoms with Crippen LogP contribution >= 0.6 is 0 Å². The van der Waals surface area contributed by atoms with E-state index in [9.17, 15) is 0 Å². The monoisotopic (exact) mass is 199 g/mol. The Morgan fingerprint density at radius 3 is 3.00 bits per heavy atom. The van der Waals surface area contributed by atoms with E-state index in [1.165, 1.54) is 0 Å². The maximum atomic E-state index is 6.94. The van der Waals surface area contributed by atoms with Crippen molar-refractivity contribution in [3.05, 3.63) is 35.9 Å². The Balaban J connectivity index is 2.58. The first-order valence-electron chi connectivity index (χ1n) is 5.10. The molecular formula is C12H13N3. The summed E-state index contributed by atoms with van der Waals surface area (Å²) in [5, 5.41) is 0. The van der Waals surface area contributed by atoms with Crippen molar-refractivity contribution < 1.29 is 0 Å². The third-order valence-electron chi connectivity index (χ3n) is 2.75. The van der Waals surface area contributed by atoms with Crippen molar-refractivity contribution in [1.29, 1.82) is 0 Å². The highest BCUT2D eigenvalue weighted by Crippen LogP contribution is 2.23. The van der Waals surface area contributed by atoms with Crippen LogP contribution < -0.4 is 0 Å². The molecule has 0 saturated carbocycles. The van der Waals surface area contributed by atoms with E-state index < -0.39 is 0 Å². The van der Waals surface area contributed by atoms with Gasteiger partial charge >= 0.3 is 0 Å². The van der Waals surface area contributed by atoms with E-state index in [0.717, 1.165) is 17.5 Å². The van der Waals surface area contributed by atoms with E-state index in [0.29, 0.717) is 11.7 Å². The summed E-state index contributed by atoms with van der Waals surface area (Å²) >= 11 is 0. The van der Waals surface area contributed by atoms with Gasteiger partial charge < -0.3 is 4.57 Å². The van der Waals surface area contributed by atoms with Crippen LogP contribution in [-0.2, 0) is 0 Å². The largest absolute Gasteiger partial charge is 0.328 e. The van der Waals surface area contributed by atoms with Gasteiger partial charge in [-0.25, -0.2) is 9.83 Å². The van der Waals surface area contributed by atoms with Crippen LogP contribution in [0, 0.1) is 6.57 Å². The molecule has 1 atom stereocenters. The number of nitrogens with zero attached hydrogens (tertiary/aromatic N) is 3. The molecule has 0 amide bonds. The molecular weight excluding hydrogens is 186 g/mol. The lowest BCUT2D eigenvalue weighted by Crippen LogP contribution is -2.01. The molecule has 3 heteroatoms. The SMILES string of the molecule is [C-]#[N+]c1ccc2c(c1)ncn2C(C)CC. The quantitative estimate of drug-likeness (QED) is 0.678. The minimum Gasteiger partial charge on any atom is -0.328 e. The number of fused-ring (bicyclic) bond motifs is 1. The Morgan fingerprint density at radius 1 is 1.53 bits per heavy atom. The van der Waals surface area contributed by atoms with Crippen LogP contribution in [0.25, 0.3) is 15.9 Å². The third kappa shape index (κ3) is 1.59. The molecule has 1 aromatic carbocycles. The van der Waals surface area contributed by atoms with E-state index in [1.54, 1.807) is 0 Å². The number of hydrogen-bond donors (Lipinski definition) is 0. The zero-order chi connectivity index (χ0) is 10.8. The second-order valence-electron chi connectivity index (χ2n) is 3.69. The van der Waals surface area contributed by atoms with Gasteiger partial charge in [0.1, 0.15) is 0 Å². The minimum absolute atomic E-state index is 0.453. The number of hydrogen-bond acceptors (Lipinski definition) is 1. The highest BCUT2D eigenvalue weighted by Gasteiger charge is 2.07. The Bertz CT molecular complexity index is 519. The molecule has 0 bridgehead atoms. The lowest BCUT2D eigenvalue weighted by Gasteiger charge is -2.11. The van der Waals surface area contributed by atoms with Crippen molar-refractivity contribution in [2.45, 2.75) is 26.3 Å². The fraction of sp³-hybridized carbons (Fsp3) is 0.333. The molecule has 0 aliphatic carbocycles. The normalized spacial score (nSPS) is 12.6. The van der Waals surface area contributed by atoms with Crippen molar-refractivity contribution in [1.82, 2.24) is 9.55 Å². The molecule has 0 aliphatic heterocycles. The van der Waals surface area contributed by atoms with Crippen LogP contribution in [0.5, 0.6) is 0 Å². The number of imidazole rings is 1. The van der Waals surface area contributed by atoms with Gasteiger partial charge in [-0.15, -0.1) is 0 Å². The second-order valence-corrected chi connectivity index (χ2v) is 3.69. The van der Waals surface area contributed by atoms with Crippen LogP contribution in [0.2, 0.25) is 0 Å². The lowest BCUT2D eigenvalue weighted by atomic mass is 10.2. The summed E-state index contributed by atoms with van der Waals surface area (Å²) in [5.41, 5.74) is 2.66. The van der Waals surface area contributed by atoms with Crippen LogP contribution in [0.4, 0.5) is 5.69 Å². The highest BCUT2D eigenvalue weighted by molar-refractivity contribution is 5.79. The number of aromatic nitrogens is 2. The molecule has 3 nitrogen and oxygen atoms in total.